The molecule has 0 bridgehead atoms. The van der Waals surface area contributed by atoms with E-state index in [9.17, 15) is 14.0 Å². The summed E-state index contributed by atoms with van der Waals surface area (Å²) in [4.78, 5) is 40.9. The van der Waals surface area contributed by atoms with Gasteiger partial charge in [0.25, 0.3) is 5.91 Å². The number of hydrogen-bond acceptors (Lipinski definition) is 4. The van der Waals surface area contributed by atoms with Crippen LogP contribution >= 0.6 is 0 Å². The van der Waals surface area contributed by atoms with Crippen LogP contribution in [0.3, 0.4) is 0 Å². The summed E-state index contributed by atoms with van der Waals surface area (Å²) in [6.07, 6.45) is 11.9. The Morgan fingerprint density at radius 3 is 2.39 bits per heavy atom. The summed E-state index contributed by atoms with van der Waals surface area (Å²) in [6.45, 7) is 7.38. The molecule has 8 nitrogen and oxygen atoms in total. The zero-order valence-corrected chi connectivity index (χ0v) is 24.9. The van der Waals surface area contributed by atoms with E-state index in [1.807, 2.05) is 17.9 Å². The molecule has 41 heavy (non-hydrogen) atoms. The lowest BCUT2D eigenvalue weighted by atomic mass is 9.68. The zero-order chi connectivity index (χ0) is 29.2. The topological polar surface area (TPSA) is 80.6 Å². The van der Waals surface area contributed by atoms with E-state index in [-0.39, 0.29) is 34.7 Å². The number of amidine groups is 1. The number of amides is 3. The number of rotatable bonds is 8. The molecule has 1 aliphatic heterocycles. The molecule has 1 aromatic rings. The Kier molecular flexibility index (Phi) is 8.64. The van der Waals surface area contributed by atoms with E-state index in [1.165, 1.54) is 18.9 Å². The number of halogens is 1. The molecule has 0 atom stereocenters. The van der Waals surface area contributed by atoms with Crippen molar-refractivity contribution in [1.82, 2.24) is 20.0 Å². The van der Waals surface area contributed by atoms with E-state index in [0.717, 1.165) is 63.5 Å². The highest BCUT2D eigenvalue weighted by Crippen LogP contribution is 2.50. The van der Waals surface area contributed by atoms with Gasteiger partial charge in [-0.3, -0.25) is 14.6 Å². The summed E-state index contributed by atoms with van der Waals surface area (Å²) < 4.78 is 14.3. The normalized spacial score (nSPS) is 27.8. The van der Waals surface area contributed by atoms with Crippen molar-refractivity contribution in [1.29, 1.82) is 0 Å². The molecule has 4 fully saturated rings. The van der Waals surface area contributed by atoms with Crippen molar-refractivity contribution >= 4 is 24.5 Å². The van der Waals surface area contributed by atoms with Crippen molar-refractivity contribution in [2.75, 3.05) is 33.7 Å². The molecule has 222 valence electrons. The van der Waals surface area contributed by atoms with Crippen LogP contribution in [0.1, 0.15) is 76.7 Å². The number of carbonyl (C=O) groups excluding carboxylic acids is 2. The van der Waals surface area contributed by atoms with Crippen LogP contribution in [0.2, 0.25) is 0 Å². The highest BCUT2D eigenvalue weighted by Gasteiger charge is 2.55. The van der Waals surface area contributed by atoms with Gasteiger partial charge in [0, 0.05) is 30.5 Å². The van der Waals surface area contributed by atoms with E-state index in [2.05, 4.69) is 45.9 Å². The molecule has 1 saturated heterocycles. The molecule has 1 N–H and O–H groups in total. The molecule has 9 heteroatoms. The Labute approximate surface area is 243 Å². The van der Waals surface area contributed by atoms with E-state index in [1.54, 1.807) is 18.3 Å². The van der Waals surface area contributed by atoms with Gasteiger partial charge < -0.3 is 10.2 Å². The van der Waals surface area contributed by atoms with Crippen LogP contribution in [0.5, 0.6) is 0 Å². The maximum atomic E-state index is 14.3. The zero-order valence-electron chi connectivity index (χ0n) is 24.9. The second kappa shape index (κ2) is 12.0. The average molecular weight is 565 g/mol. The second-order valence-electron chi connectivity index (χ2n) is 12.8. The molecule has 4 aliphatic rings. The van der Waals surface area contributed by atoms with Gasteiger partial charge in [-0.25, -0.2) is 19.2 Å². The summed E-state index contributed by atoms with van der Waals surface area (Å²) in [5.41, 5.74) is 1.11. The van der Waals surface area contributed by atoms with Crippen molar-refractivity contribution in [3.63, 3.8) is 0 Å². The molecular formula is C32H45FN6O2. The standard InChI is InChI=1S/C32H45FN6O2/c1-23(19-35-28(34-2)29(40)36-20-24-8-5-9-24)38-22-31(39(30(38)41)21-25-10-6-11-25)14-16-32(17-15-31,37(3)4)26-12-7-13-27(33)18-26/h7,12-13,18-19,24-25H,2,5-6,8-11,14-17,20-22H2,1,3-4H3,(H,36,40)/b23-19+,35-28-/t31-,32+. The van der Waals surface area contributed by atoms with Gasteiger partial charge in [-0.15, -0.1) is 0 Å². The fourth-order valence-corrected chi connectivity index (χ4v) is 7.01. The Balaban J connectivity index is 1.35. The summed E-state index contributed by atoms with van der Waals surface area (Å²) in [5.74, 6) is 0.531. The number of aliphatic imine (C=N–C) groups is 2. The third-order valence-electron chi connectivity index (χ3n) is 10.3. The van der Waals surface area contributed by atoms with Gasteiger partial charge in [0.15, 0.2) is 0 Å². The minimum atomic E-state index is -0.337. The lowest BCUT2D eigenvalue weighted by Gasteiger charge is -2.51. The number of benzene rings is 1. The summed E-state index contributed by atoms with van der Waals surface area (Å²) in [5, 5.41) is 2.91. The highest BCUT2D eigenvalue weighted by molar-refractivity contribution is 6.39. The maximum Gasteiger partial charge on any atom is 0.324 e. The summed E-state index contributed by atoms with van der Waals surface area (Å²) in [6, 6.07) is 6.98. The Morgan fingerprint density at radius 2 is 1.83 bits per heavy atom. The molecule has 1 spiro atoms. The predicted molar refractivity (Wildman–Crippen MR) is 160 cm³/mol. The van der Waals surface area contributed by atoms with Gasteiger partial charge in [-0.2, -0.15) is 0 Å². The van der Waals surface area contributed by atoms with Crippen molar-refractivity contribution in [3.8, 4) is 0 Å². The number of allylic oxidation sites excluding steroid dienone is 1. The highest BCUT2D eigenvalue weighted by atomic mass is 19.1. The fourth-order valence-electron chi connectivity index (χ4n) is 7.01. The van der Waals surface area contributed by atoms with Crippen LogP contribution in [0.15, 0.2) is 46.1 Å². The maximum absolute atomic E-state index is 14.3. The van der Waals surface area contributed by atoms with E-state index in [0.29, 0.717) is 30.6 Å². The first-order valence-corrected chi connectivity index (χ1v) is 15.2. The molecule has 0 unspecified atom stereocenters. The van der Waals surface area contributed by atoms with Gasteiger partial charge in [-0.1, -0.05) is 25.0 Å². The first kappa shape index (κ1) is 29.4. The predicted octanol–water partition coefficient (Wildman–Crippen LogP) is 5.31. The van der Waals surface area contributed by atoms with Crippen LogP contribution in [0, 0.1) is 17.7 Å². The Morgan fingerprint density at radius 1 is 1.15 bits per heavy atom. The SMILES string of the molecule is C=N/C(=N\C=C(/C)N1C[C@]2(CC[C@](c3cccc(F)c3)(N(C)C)CC2)N(CC2CCC2)C1=O)C(=O)NCC1CCC1. The quantitative estimate of drug-likeness (QED) is 0.343. The number of urea groups is 1. The number of nitrogens with zero attached hydrogens (tertiary/aromatic N) is 5. The van der Waals surface area contributed by atoms with Crippen LogP contribution in [-0.4, -0.2) is 78.5 Å². The summed E-state index contributed by atoms with van der Waals surface area (Å²) in [7, 11) is 4.14. The van der Waals surface area contributed by atoms with Crippen molar-refractivity contribution in [3.05, 3.63) is 47.5 Å². The van der Waals surface area contributed by atoms with Crippen molar-refractivity contribution < 1.29 is 14.0 Å². The minimum absolute atomic E-state index is 0.00602. The molecule has 0 radical (unpaired) electrons. The van der Waals surface area contributed by atoms with E-state index >= 15 is 0 Å². The fraction of sp³-hybridized carbons (Fsp3) is 0.625. The van der Waals surface area contributed by atoms with E-state index < -0.39 is 0 Å². The van der Waals surface area contributed by atoms with Crippen molar-refractivity contribution in [2.45, 2.75) is 82.2 Å². The molecule has 5 rings (SSSR count). The third-order valence-corrected chi connectivity index (χ3v) is 10.3. The Bertz CT molecular complexity index is 1210. The van der Waals surface area contributed by atoms with Gasteiger partial charge in [0.2, 0.25) is 5.84 Å². The molecule has 1 aromatic carbocycles. The van der Waals surface area contributed by atoms with Crippen LogP contribution in [-0.2, 0) is 10.3 Å². The van der Waals surface area contributed by atoms with Crippen LogP contribution in [0.25, 0.3) is 0 Å². The Hall–Kier alpha value is -3.07. The van der Waals surface area contributed by atoms with Gasteiger partial charge in [0.1, 0.15) is 5.82 Å². The molecule has 3 amide bonds. The van der Waals surface area contributed by atoms with Crippen LogP contribution < -0.4 is 5.32 Å². The molecule has 0 aromatic heterocycles. The molecular weight excluding hydrogens is 519 g/mol. The summed E-state index contributed by atoms with van der Waals surface area (Å²) >= 11 is 0. The smallest absolute Gasteiger partial charge is 0.324 e. The number of hydrogen-bond donors (Lipinski definition) is 1. The third kappa shape index (κ3) is 5.83. The van der Waals surface area contributed by atoms with Gasteiger partial charge in [0.05, 0.1) is 12.1 Å². The lowest BCUT2D eigenvalue weighted by molar-refractivity contribution is -0.115. The lowest BCUT2D eigenvalue weighted by Crippen LogP contribution is -2.56. The number of carbonyl (C=O) groups is 2. The van der Waals surface area contributed by atoms with Gasteiger partial charge in [-0.05, 0) is 109 Å². The molecule has 3 aliphatic carbocycles. The average Bonchev–Trinajstić information content (AvgIpc) is 3.16. The largest absolute Gasteiger partial charge is 0.349 e. The van der Waals surface area contributed by atoms with Crippen molar-refractivity contribution in [2.24, 2.45) is 21.8 Å². The van der Waals surface area contributed by atoms with Crippen LogP contribution in [0.4, 0.5) is 9.18 Å². The monoisotopic (exact) mass is 564 g/mol. The second-order valence-corrected chi connectivity index (χ2v) is 12.8. The first-order chi connectivity index (χ1) is 19.7. The molecule has 3 saturated carbocycles. The van der Waals surface area contributed by atoms with E-state index in [4.69, 9.17) is 0 Å². The first-order valence-electron chi connectivity index (χ1n) is 15.2. The number of nitrogens with one attached hydrogen (secondary N) is 1. The van der Waals surface area contributed by atoms with Gasteiger partial charge >= 0.3 is 6.03 Å². The molecule has 1 heterocycles. The minimum Gasteiger partial charge on any atom is -0.349 e.